The summed E-state index contributed by atoms with van der Waals surface area (Å²) in [6, 6.07) is 13.8. The summed E-state index contributed by atoms with van der Waals surface area (Å²) < 4.78 is 13.5. The number of carboxylic acid groups (broad SMARTS) is 1. The van der Waals surface area contributed by atoms with E-state index in [-0.39, 0.29) is 5.02 Å². The minimum absolute atomic E-state index is 0.0237. The van der Waals surface area contributed by atoms with Crippen molar-refractivity contribution in [1.82, 2.24) is 0 Å². The summed E-state index contributed by atoms with van der Waals surface area (Å²) in [5, 5.41) is 9.69. The lowest BCUT2D eigenvalue weighted by molar-refractivity contribution is -0.143. The molecule has 0 heterocycles. The molecule has 122 valence electrons. The summed E-state index contributed by atoms with van der Waals surface area (Å²) in [6.07, 6.45) is 0.393. The van der Waals surface area contributed by atoms with Gasteiger partial charge >= 0.3 is 5.97 Å². The van der Waals surface area contributed by atoms with Gasteiger partial charge in [0.15, 0.2) is 0 Å². The molecular formula is C18H19ClFNO2. The summed E-state index contributed by atoms with van der Waals surface area (Å²) in [7, 11) is 0. The maximum atomic E-state index is 13.5. The highest BCUT2D eigenvalue weighted by Gasteiger charge is 2.38. The minimum atomic E-state index is -1.13. The number of aliphatic carboxylic acids is 1. The number of rotatable bonds is 6. The van der Waals surface area contributed by atoms with Crippen LogP contribution in [0.1, 0.15) is 25.8 Å². The van der Waals surface area contributed by atoms with Gasteiger partial charge in [-0.1, -0.05) is 48.9 Å². The minimum Gasteiger partial charge on any atom is -0.480 e. The van der Waals surface area contributed by atoms with E-state index in [1.54, 1.807) is 17.9 Å². The molecule has 0 aliphatic rings. The molecule has 2 rings (SSSR count). The average Bonchev–Trinajstić information content (AvgIpc) is 2.55. The molecule has 2 aromatic carbocycles. The summed E-state index contributed by atoms with van der Waals surface area (Å²) in [4.78, 5) is 13.6. The smallest absolute Gasteiger partial charge is 0.329 e. The van der Waals surface area contributed by atoms with Crippen LogP contribution in [-0.2, 0) is 11.3 Å². The van der Waals surface area contributed by atoms with E-state index in [2.05, 4.69) is 0 Å². The molecule has 0 fully saturated rings. The molecular weight excluding hydrogens is 317 g/mol. The molecule has 1 atom stereocenters. The third kappa shape index (κ3) is 3.64. The van der Waals surface area contributed by atoms with Crippen LogP contribution in [-0.4, -0.2) is 16.6 Å². The van der Waals surface area contributed by atoms with Crippen LogP contribution in [0, 0.1) is 5.82 Å². The van der Waals surface area contributed by atoms with Gasteiger partial charge in [0, 0.05) is 12.2 Å². The predicted molar refractivity (Wildman–Crippen MR) is 90.4 cm³/mol. The van der Waals surface area contributed by atoms with Crippen molar-refractivity contribution in [2.45, 2.75) is 32.4 Å². The normalized spacial score (nSPS) is 13.4. The molecule has 0 bridgehead atoms. The fraction of sp³-hybridized carbons (Fsp3) is 0.278. The van der Waals surface area contributed by atoms with Gasteiger partial charge in [0.1, 0.15) is 11.4 Å². The Balaban J connectivity index is 2.50. The Hall–Kier alpha value is -2.07. The Morgan fingerprint density at radius 3 is 2.43 bits per heavy atom. The number of carboxylic acids is 1. The topological polar surface area (TPSA) is 40.5 Å². The van der Waals surface area contributed by atoms with Gasteiger partial charge in [-0.3, -0.25) is 0 Å². The van der Waals surface area contributed by atoms with Crippen molar-refractivity contribution in [2.24, 2.45) is 0 Å². The molecule has 5 heteroatoms. The maximum absolute atomic E-state index is 13.5. The van der Waals surface area contributed by atoms with E-state index in [0.29, 0.717) is 18.7 Å². The molecule has 2 aromatic rings. The van der Waals surface area contributed by atoms with Gasteiger partial charge in [-0.25, -0.2) is 9.18 Å². The summed E-state index contributed by atoms with van der Waals surface area (Å²) in [6.45, 7) is 3.87. The number of hydrogen-bond donors (Lipinski definition) is 1. The average molecular weight is 336 g/mol. The van der Waals surface area contributed by atoms with E-state index < -0.39 is 17.3 Å². The van der Waals surface area contributed by atoms with Gasteiger partial charge in [-0.15, -0.1) is 0 Å². The van der Waals surface area contributed by atoms with Crippen molar-refractivity contribution in [2.75, 3.05) is 4.90 Å². The molecule has 3 nitrogen and oxygen atoms in total. The van der Waals surface area contributed by atoms with E-state index in [4.69, 9.17) is 11.6 Å². The molecule has 23 heavy (non-hydrogen) atoms. The molecule has 1 N–H and O–H groups in total. The van der Waals surface area contributed by atoms with Crippen molar-refractivity contribution < 1.29 is 14.3 Å². The lowest BCUT2D eigenvalue weighted by Gasteiger charge is -2.39. The number of halogens is 2. The van der Waals surface area contributed by atoms with Crippen LogP contribution < -0.4 is 4.90 Å². The summed E-state index contributed by atoms with van der Waals surface area (Å²) in [5.41, 5.74) is 0.415. The van der Waals surface area contributed by atoms with E-state index in [1.165, 1.54) is 12.1 Å². The van der Waals surface area contributed by atoms with Crippen molar-refractivity contribution in [1.29, 1.82) is 0 Å². The van der Waals surface area contributed by atoms with Gasteiger partial charge in [-0.2, -0.15) is 0 Å². The highest BCUT2D eigenvalue weighted by atomic mass is 35.5. The molecule has 1 unspecified atom stereocenters. The van der Waals surface area contributed by atoms with Crippen LogP contribution in [0.15, 0.2) is 48.5 Å². The van der Waals surface area contributed by atoms with Crippen LogP contribution in [0.25, 0.3) is 0 Å². The Kier molecular flexibility index (Phi) is 5.26. The van der Waals surface area contributed by atoms with E-state index in [1.807, 2.05) is 37.3 Å². The zero-order valence-corrected chi connectivity index (χ0v) is 13.8. The Morgan fingerprint density at radius 1 is 1.26 bits per heavy atom. The lowest BCUT2D eigenvalue weighted by Crippen LogP contribution is -2.52. The molecule has 0 spiro atoms. The Bertz CT molecular complexity index is 693. The third-order valence-corrected chi connectivity index (χ3v) is 4.43. The van der Waals surface area contributed by atoms with Crippen molar-refractivity contribution >= 4 is 23.3 Å². The third-order valence-electron chi connectivity index (χ3n) is 4.14. The lowest BCUT2D eigenvalue weighted by atomic mass is 9.94. The molecule has 0 aliphatic carbocycles. The molecule has 0 saturated heterocycles. The van der Waals surface area contributed by atoms with E-state index in [9.17, 15) is 14.3 Å². The number of carbonyl (C=O) groups is 1. The van der Waals surface area contributed by atoms with Crippen LogP contribution >= 0.6 is 11.6 Å². The van der Waals surface area contributed by atoms with E-state index >= 15 is 0 Å². The number of nitrogens with zero attached hydrogens (tertiary/aromatic N) is 1. The zero-order valence-electron chi connectivity index (χ0n) is 13.1. The quantitative estimate of drug-likeness (QED) is 0.829. The first-order chi connectivity index (χ1) is 10.9. The first-order valence-electron chi connectivity index (χ1n) is 7.38. The number of hydrogen-bond acceptors (Lipinski definition) is 2. The van der Waals surface area contributed by atoms with Crippen LogP contribution in [0.2, 0.25) is 5.02 Å². The molecule has 0 saturated carbocycles. The van der Waals surface area contributed by atoms with Crippen LogP contribution in [0.3, 0.4) is 0 Å². The van der Waals surface area contributed by atoms with Gasteiger partial charge in [0.05, 0.1) is 5.02 Å². The van der Waals surface area contributed by atoms with Gasteiger partial charge in [0.25, 0.3) is 0 Å². The largest absolute Gasteiger partial charge is 0.480 e. The molecule has 0 amide bonds. The van der Waals surface area contributed by atoms with Crippen LogP contribution in [0.5, 0.6) is 0 Å². The second-order valence-electron chi connectivity index (χ2n) is 5.60. The monoisotopic (exact) mass is 335 g/mol. The number of benzene rings is 2. The summed E-state index contributed by atoms with van der Waals surface area (Å²) in [5.74, 6) is -1.46. The highest BCUT2D eigenvalue weighted by molar-refractivity contribution is 6.31. The van der Waals surface area contributed by atoms with Gasteiger partial charge in [-0.05, 0) is 37.1 Å². The molecule has 0 aliphatic heterocycles. The molecule has 0 aromatic heterocycles. The van der Waals surface area contributed by atoms with Gasteiger partial charge in [0.2, 0.25) is 0 Å². The SMILES string of the molecule is CCC(C)(C(=O)O)N(Cc1ccccc1)c1ccc(F)c(Cl)c1. The highest BCUT2D eigenvalue weighted by Crippen LogP contribution is 2.32. The van der Waals surface area contributed by atoms with Crippen molar-refractivity contribution in [3.63, 3.8) is 0 Å². The van der Waals surface area contributed by atoms with Gasteiger partial charge < -0.3 is 10.0 Å². The van der Waals surface area contributed by atoms with Crippen molar-refractivity contribution in [3.8, 4) is 0 Å². The standard InChI is InChI=1S/C18H19ClFNO2/c1-3-18(2,17(22)23)21(12-13-7-5-4-6-8-13)14-9-10-16(20)15(19)11-14/h4-11H,3,12H2,1-2H3,(H,22,23). The first kappa shape index (κ1) is 17.3. The fourth-order valence-corrected chi connectivity index (χ4v) is 2.60. The fourth-order valence-electron chi connectivity index (χ4n) is 2.43. The Morgan fingerprint density at radius 2 is 1.91 bits per heavy atom. The summed E-state index contributed by atoms with van der Waals surface area (Å²) >= 11 is 5.88. The number of anilines is 1. The second-order valence-corrected chi connectivity index (χ2v) is 6.01. The first-order valence-corrected chi connectivity index (χ1v) is 7.76. The Labute approximate surface area is 140 Å². The van der Waals surface area contributed by atoms with Crippen LogP contribution in [0.4, 0.5) is 10.1 Å². The maximum Gasteiger partial charge on any atom is 0.329 e. The predicted octanol–water partition coefficient (Wildman–Crippen LogP) is 4.74. The van der Waals surface area contributed by atoms with Crippen molar-refractivity contribution in [3.05, 3.63) is 64.9 Å². The second kappa shape index (κ2) is 7.01. The van der Waals surface area contributed by atoms with E-state index in [0.717, 1.165) is 5.56 Å². The molecule has 0 radical (unpaired) electrons. The zero-order chi connectivity index (χ0) is 17.0.